The maximum Gasteiger partial charge on any atom is 0.269 e. The van der Waals surface area contributed by atoms with E-state index in [4.69, 9.17) is 12.2 Å². The van der Waals surface area contributed by atoms with Gasteiger partial charge in [0.2, 0.25) is 0 Å². The van der Waals surface area contributed by atoms with Gasteiger partial charge in [0, 0.05) is 24.4 Å². The molecule has 2 aromatic rings. The number of nitrogens with zero attached hydrogens (tertiary/aromatic N) is 1. The Bertz CT molecular complexity index is 647. The van der Waals surface area contributed by atoms with E-state index >= 15 is 0 Å². The molecule has 0 fully saturated rings. The fourth-order valence-corrected chi connectivity index (χ4v) is 2.03. The molecule has 0 aromatic heterocycles. The van der Waals surface area contributed by atoms with Crippen molar-refractivity contribution in [3.05, 3.63) is 70.3 Å². The van der Waals surface area contributed by atoms with Crippen LogP contribution in [0, 0.1) is 10.1 Å². The van der Waals surface area contributed by atoms with Crippen LogP contribution in [-0.2, 0) is 0 Å². The molecule has 2 rings (SSSR count). The van der Waals surface area contributed by atoms with Crippen molar-refractivity contribution in [2.75, 3.05) is 11.9 Å². The summed E-state index contributed by atoms with van der Waals surface area (Å²) in [6.45, 7) is 0.267. The number of aliphatic hydroxyl groups excluding tert-OH is 1. The van der Waals surface area contributed by atoms with Crippen LogP contribution in [0.5, 0.6) is 0 Å². The summed E-state index contributed by atoms with van der Waals surface area (Å²) in [5.41, 5.74) is 1.45. The minimum absolute atomic E-state index is 0.0175. The number of benzene rings is 2. The van der Waals surface area contributed by atoms with Gasteiger partial charge in [-0.1, -0.05) is 30.3 Å². The van der Waals surface area contributed by atoms with Crippen LogP contribution >= 0.6 is 12.2 Å². The molecule has 0 spiro atoms. The van der Waals surface area contributed by atoms with Crippen molar-refractivity contribution in [2.24, 2.45) is 0 Å². The largest absolute Gasteiger partial charge is 0.387 e. The van der Waals surface area contributed by atoms with Crippen LogP contribution in [0.3, 0.4) is 0 Å². The fraction of sp³-hybridized carbons (Fsp3) is 0.133. The standard InChI is InChI=1S/C15H15N3O3S/c19-14(11-4-2-1-3-5-11)10-16-15(22)17-12-6-8-13(9-7-12)18(20)21/h1-9,14,19H,10H2,(H2,16,17,22)/t14-/m0/s1. The first-order chi connectivity index (χ1) is 10.6. The molecule has 3 N–H and O–H groups in total. The molecule has 0 amide bonds. The van der Waals surface area contributed by atoms with E-state index in [9.17, 15) is 15.2 Å². The molecule has 7 heteroatoms. The SMILES string of the molecule is O=[N+]([O-])c1ccc(NC(=S)NC[C@H](O)c2ccccc2)cc1. The predicted molar refractivity (Wildman–Crippen MR) is 88.7 cm³/mol. The van der Waals surface area contributed by atoms with Gasteiger partial charge in [-0.2, -0.15) is 0 Å². The molecule has 0 heterocycles. The molecule has 0 bridgehead atoms. The van der Waals surface area contributed by atoms with Crippen LogP contribution in [0.4, 0.5) is 11.4 Å². The lowest BCUT2D eigenvalue weighted by Crippen LogP contribution is -2.32. The van der Waals surface area contributed by atoms with Crippen LogP contribution in [0.15, 0.2) is 54.6 Å². The molecule has 0 unspecified atom stereocenters. The number of non-ortho nitro benzene ring substituents is 1. The molecule has 0 aliphatic heterocycles. The molecule has 2 aromatic carbocycles. The minimum atomic E-state index is -0.669. The number of anilines is 1. The van der Waals surface area contributed by atoms with Crippen LogP contribution in [0.2, 0.25) is 0 Å². The highest BCUT2D eigenvalue weighted by Crippen LogP contribution is 2.15. The molecular weight excluding hydrogens is 302 g/mol. The maximum atomic E-state index is 10.6. The minimum Gasteiger partial charge on any atom is -0.387 e. The van der Waals surface area contributed by atoms with E-state index in [0.717, 1.165) is 5.56 Å². The number of nitro groups is 1. The molecule has 0 saturated carbocycles. The second kappa shape index (κ2) is 7.48. The zero-order valence-electron chi connectivity index (χ0n) is 11.6. The first kappa shape index (κ1) is 15.9. The van der Waals surface area contributed by atoms with E-state index in [1.54, 1.807) is 12.1 Å². The van der Waals surface area contributed by atoms with Crippen LogP contribution in [0.25, 0.3) is 0 Å². The van der Waals surface area contributed by atoms with Crippen molar-refractivity contribution in [1.82, 2.24) is 5.32 Å². The molecule has 0 radical (unpaired) electrons. The van der Waals surface area contributed by atoms with Crippen molar-refractivity contribution in [2.45, 2.75) is 6.10 Å². The highest BCUT2D eigenvalue weighted by atomic mass is 32.1. The number of hydrogen-bond donors (Lipinski definition) is 3. The Hall–Kier alpha value is -2.51. The topological polar surface area (TPSA) is 87.4 Å². The zero-order chi connectivity index (χ0) is 15.9. The molecule has 22 heavy (non-hydrogen) atoms. The van der Waals surface area contributed by atoms with Crippen LogP contribution in [-0.4, -0.2) is 21.7 Å². The molecule has 0 aliphatic carbocycles. The van der Waals surface area contributed by atoms with Crippen LogP contribution < -0.4 is 10.6 Å². The molecule has 1 atom stereocenters. The van der Waals surface area contributed by atoms with Crippen molar-refractivity contribution in [3.63, 3.8) is 0 Å². The summed E-state index contributed by atoms with van der Waals surface area (Å²) in [4.78, 5) is 10.1. The molecular formula is C15H15N3O3S. The Morgan fingerprint density at radius 3 is 2.41 bits per heavy atom. The average Bonchev–Trinajstić information content (AvgIpc) is 2.54. The van der Waals surface area contributed by atoms with E-state index in [-0.39, 0.29) is 12.2 Å². The van der Waals surface area contributed by atoms with Gasteiger partial charge in [-0.15, -0.1) is 0 Å². The lowest BCUT2D eigenvalue weighted by molar-refractivity contribution is -0.384. The Morgan fingerprint density at radius 1 is 1.18 bits per heavy atom. The summed E-state index contributed by atoms with van der Waals surface area (Å²) in [5, 5.41) is 26.7. The quantitative estimate of drug-likeness (QED) is 0.446. The van der Waals surface area contributed by atoms with Crippen molar-refractivity contribution in [3.8, 4) is 0 Å². The number of aliphatic hydroxyl groups is 1. The van der Waals surface area contributed by atoms with Crippen molar-refractivity contribution < 1.29 is 10.0 Å². The third-order valence-corrected chi connectivity index (χ3v) is 3.22. The van der Waals surface area contributed by atoms with E-state index in [0.29, 0.717) is 10.8 Å². The Balaban J connectivity index is 1.84. The number of thiocarbonyl (C=S) groups is 1. The highest BCUT2D eigenvalue weighted by molar-refractivity contribution is 7.80. The average molecular weight is 317 g/mol. The van der Waals surface area contributed by atoms with Crippen molar-refractivity contribution in [1.29, 1.82) is 0 Å². The van der Waals surface area contributed by atoms with Gasteiger partial charge < -0.3 is 15.7 Å². The second-order valence-corrected chi connectivity index (χ2v) is 4.97. The summed E-state index contributed by atoms with van der Waals surface area (Å²) in [6, 6.07) is 15.2. The Kier molecular flexibility index (Phi) is 5.40. The fourth-order valence-electron chi connectivity index (χ4n) is 1.82. The Morgan fingerprint density at radius 2 is 1.82 bits per heavy atom. The number of rotatable bonds is 5. The van der Waals surface area contributed by atoms with Gasteiger partial charge in [0.1, 0.15) is 0 Å². The third kappa shape index (κ3) is 4.51. The molecule has 6 nitrogen and oxygen atoms in total. The summed E-state index contributed by atoms with van der Waals surface area (Å²) in [7, 11) is 0. The van der Waals surface area contributed by atoms with E-state index in [1.165, 1.54) is 12.1 Å². The normalized spacial score (nSPS) is 11.5. The summed E-state index contributed by atoms with van der Waals surface area (Å²) in [5.74, 6) is 0. The summed E-state index contributed by atoms with van der Waals surface area (Å²) in [6.07, 6.45) is -0.669. The van der Waals surface area contributed by atoms with Crippen LogP contribution in [0.1, 0.15) is 11.7 Å². The van der Waals surface area contributed by atoms with Gasteiger partial charge in [-0.25, -0.2) is 0 Å². The Labute approximate surface area is 132 Å². The van der Waals surface area contributed by atoms with E-state index in [1.807, 2.05) is 30.3 Å². The van der Waals surface area contributed by atoms with Gasteiger partial charge in [-0.05, 0) is 29.9 Å². The smallest absolute Gasteiger partial charge is 0.269 e. The molecule has 114 valence electrons. The molecule has 0 aliphatic rings. The van der Waals surface area contributed by atoms with Gasteiger partial charge in [0.15, 0.2) is 5.11 Å². The maximum absolute atomic E-state index is 10.6. The summed E-state index contributed by atoms with van der Waals surface area (Å²) >= 11 is 5.12. The van der Waals surface area contributed by atoms with E-state index < -0.39 is 11.0 Å². The van der Waals surface area contributed by atoms with E-state index in [2.05, 4.69) is 10.6 Å². The lowest BCUT2D eigenvalue weighted by atomic mass is 10.1. The first-order valence-electron chi connectivity index (χ1n) is 6.58. The third-order valence-electron chi connectivity index (χ3n) is 2.98. The van der Waals surface area contributed by atoms with Gasteiger partial charge in [-0.3, -0.25) is 10.1 Å². The van der Waals surface area contributed by atoms with Gasteiger partial charge in [0.05, 0.1) is 11.0 Å². The van der Waals surface area contributed by atoms with Gasteiger partial charge >= 0.3 is 0 Å². The predicted octanol–water partition coefficient (Wildman–Crippen LogP) is 2.61. The molecule has 0 saturated heterocycles. The first-order valence-corrected chi connectivity index (χ1v) is 6.99. The van der Waals surface area contributed by atoms with Gasteiger partial charge in [0.25, 0.3) is 5.69 Å². The number of hydrogen-bond acceptors (Lipinski definition) is 4. The summed E-state index contributed by atoms with van der Waals surface area (Å²) < 4.78 is 0. The number of nitro benzene ring substituents is 1. The van der Waals surface area contributed by atoms with Crippen molar-refractivity contribution >= 4 is 28.7 Å². The monoisotopic (exact) mass is 317 g/mol. The highest BCUT2D eigenvalue weighted by Gasteiger charge is 2.08. The zero-order valence-corrected chi connectivity index (χ0v) is 12.4. The lowest BCUT2D eigenvalue weighted by Gasteiger charge is -2.14. The second-order valence-electron chi connectivity index (χ2n) is 4.57. The number of nitrogens with one attached hydrogen (secondary N) is 2.